The number of nitrogens with zero attached hydrogens (tertiary/aromatic N) is 8. The van der Waals surface area contributed by atoms with Gasteiger partial charge in [-0.1, -0.05) is 48.5 Å². The molecule has 55 heavy (non-hydrogen) atoms. The van der Waals surface area contributed by atoms with Gasteiger partial charge in [-0.05, 0) is 96.9 Å². The van der Waals surface area contributed by atoms with Crippen molar-refractivity contribution in [3.05, 3.63) is 108 Å². The van der Waals surface area contributed by atoms with Gasteiger partial charge in [-0.15, -0.1) is 0 Å². The van der Waals surface area contributed by atoms with Crippen molar-refractivity contribution < 1.29 is 4.42 Å². The molecule has 0 saturated heterocycles. The third-order valence-corrected chi connectivity index (χ3v) is 13.3. The first-order chi connectivity index (χ1) is 27.0. The number of para-hydroxylation sites is 4. The van der Waals surface area contributed by atoms with E-state index in [1.54, 1.807) is 0 Å². The van der Waals surface area contributed by atoms with Crippen molar-refractivity contribution in [2.45, 2.75) is 27.7 Å². The van der Waals surface area contributed by atoms with Crippen LogP contribution in [0.4, 0.5) is 0 Å². The molecule has 0 N–H and O–H groups in total. The van der Waals surface area contributed by atoms with Crippen molar-refractivity contribution in [1.29, 1.82) is 0 Å². The van der Waals surface area contributed by atoms with Crippen LogP contribution in [0.5, 0.6) is 0 Å². The normalized spacial score (nSPS) is 14.1. The SMILES string of the molecule is Cc1nc2cccc3c2n1-c1cc2c(oc4c5c6c(cc42)-n2c(C)nc4cccc(c42)B6c2cccc4nc(C)n-5c24)c2c1B3c1cccc3nc(C)n-2c13. The van der Waals surface area contributed by atoms with Gasteiger partial charge in [0.25, 0.3) is 13.4 Å². The summed E-state index contributed by atoms with van der Waals surface area (Å²) in [7, 11) is 0. The zero-order chi connectivity index (χ0) is 35.9. The van der Waals surface area contributed by atoms with Crippen LogP contribution in [0.15, 0.2) is 89.3 Å². The first-order valence-corrected chi connectivity index (χ1v) is 19.0. The Bertz CT molecular complexity index is 3500. The molecule has 0 amide bonds. The third kappa shape index (κ3) is 2.80. The smallest absolute Gasteiger partial charge is 0.252 e. The van der Waals surface area contributed by atoms with E-state index in [9.17, 15) is 0 Å². The molecule has 6 aromatic carbocycles. The Morgan fingerprint density at radius 3 is 1.13 bits per heavy atom. The number of hydrogen-bond donors (Lipinski definition) is 0. The molecule has 0 bridgehead atoms. The van der Waals surface area contributed by atoms with Crippen LogP contribution in [0.25, 0.3) is 88.8 Å². The fourth-order valence-corrected chi connectivity index (χ4v) is 11.5. The van der Waals surface area contributed by atoms with E-state index in [0.717, 1.165) is 101 Å². The zero-order valence-corrected chi connectivity index (χ0v) is 30.2. The quantitative estimate of drug-likeness (QED) is 0.218. The summed E-state index contributed by atoms with van der Waals surface area (Å²) >= 11 is 0. The summed E-state index contributed by atoms with van der Waals surface area (Å²) in [6.45, 7) is 8.49. The van der Waals surface area contributed by atoms with Crippen molar-refractivity contribution in [3.8, 4) is 22.7 Å². The molecule has 0 radical (unpaired) electrons. The molecule has 0 unspecified atom stereocenters. The lowest BCUT2D eigenvalue weighted by Crippen LogP contribution is -2.59. The number of imidazole rings is 4. The van der Waals surface area contributed by atoms with Gasteiger partial charge in [0.15, 0.2) is 11.2 Å². The van der Waals surface area contributed by atoms with E-state index >= 15 is 0 Å². The van der Waals surface area contributed by atoms with E-state index in [4.69, 9.17) is 24.4 Å². The highest BCUT2D eigenvalue weighted by Gasteiger charge is 2.45. The zero-order valence-electron chi connectivity index (χ0n) is 30.2. The summed E-state index contributed by atoms with van der Waals surface area (Å²) in [5, 5.41) is 2.14. The molecule has 0 atom stereocenters. The molecule has 0 saturated carbocycles. The van der Waals surface area contributed by atoms with E-state index in [2.05, 4.69) is 131 Å². The Kier molecular flexibility index (Phi) is 4.32. The maximum absolute atomic E-state index is 7.53. The Morgan fingerprint density at radius 2 is 0.764 bits per heavy atom. The van der Waals surface area contributed by atoms with Gasteiger partial charge >= 0.3 is 0 Å². The van der Waals surface area contributed by atoms with Crippen LogP contribution in [0.3, 0.4) is 0 Å². The Balaban J connectivity index is 1.21. The second-order valence-electron chi connectivity index (χ2n) is 15.9. The second-order valence-corrected chi connectivity index (χ2v) is 15.9. The average Bonchev–Trinajstić information content (AvgIpc) is 3.98. The standard InChI is InChI=1S/C44H26B2N8O/c1-19-47-29-13-5-9-25-37(29)51(19)33-17-23-24-18-34-36-42(44(24)55-43(23)41-35(33)45(25)27-11-7-15-31-39(27)53(41)21(3)49-31)54-22(4)50-32-16-8-12-28(40(32)54)46(36)26-10-6-14-30-38(26)52(34)20(2)48-30/h5-18H,1-4H3. The van der Waals surface area contributed by atoms with Gasteiger partial charge in [0.05, 0.1) is 55.5 Å². The highest BCUT2D eigenvalue weighted by molar-refractivity contribution is 7.01. The fourth-order valence-electron chi connectivity index (χ4n) is 11.5. The fraction of sp³-hybridized carbons (Fsp3) is 0.0909. The number of furan rings is 1. The molecule has 254 valence electrons. The predicted molar refractivity (Wildman–Crippen MR) is 220 cm³/mol. The maximum Gasteiger partial charge on any atom is 0.252 e. The molecule has 5 aromatic heterocycles. The summed E-state index contributed by atoms with van der Waals surface area (Å²) in [6.07, 6.45) is 0. The van der Waals surface area contributed by atoms with Crippen molar-refractivity contribution in [1.82, 2.24) is 38.2 Å². The highest BCUT2D eigenvalue weighted by Crippen LogP contribution is 2.44. The van der Waals surface area contributed by atoms with E-state index in [0.29, 0.717) is 0 Å². The second kappa shape index (κ2) is 8.58. The third-order valence-electron chi connectivity index (χ3n) is 13.3. The molecular weight excluding hydrogens is 678 g/mol. The lowest BCUT2D eigenvalue weighted by Gasteiger charge is -2.33. The number of aryl methyl sites for hydroxylation is 4. The summed E-state index contributed by atoms with van der Waals surface area (Å²) in [4.78, 5) is 20.6. The van der Waals surface area contributed by atoms with Gasteiger partial charge in [-0.2, -0.15) is 0 Å². The van der Waals surface area contributed by atoms with Gasteiger partial charge in [0.1, 0.15) is 23.3 Å². The number of benzene rings is 6. The van der Waals surface area contributed by atoms with Crippen molar-refractivity contribution >= 4 is 112 Å². The van der Waals surface area contributed by atoms with Crippen LogP contribution in [-0.2, 0) is 0 Å². The minimum Gasteiger partial charge on any atom is -0.452 e. The van der Waals surface area contributed by atoms with E-state index in [1.165, 1.54) is 43.8 Å². The van der Waals surface area contributed by atoms with Gasteiger partial charge in [0, 0.05) is 22.1 Å². The van der Waals surface area contributed by atoms with E-state index < -0.39 is 0 Å². The lowest BCUT2D eigenvalue weighted by molar-refractivity contribution is 0.662. The first-order valence-electron chi connectivity index (χ1n) is 19.0. The highest BCUT2D eigenvalue weighted by atomic mass is 16.3. The molecule has 9 nitrogen and oxygen atoms in total. The van der Waals surface area contributed by atoms with Gasteiger partial charge in [-0.25, -0.2) is 19.9 Å². The molecule has 9 heterocycles. The summed E-state index contributed by atoms with van der Waals surface area (Å²) < 4.78 is 17.0. The van der Waals surface area contributed by atoms with Crippen molar-refractivity contribution in [3.63, 3.8) is 0 Å². The van der Waals surface area contributed by atoms with E-state index in [1.807, 2.05) is 0 Å². The number of aromatic nitrogens is 8. The van der Waals surface area contributed by atoms with Crippen LogP contribution in [-0.4, -0.2) is 51.6 Å². The van der Waals surface area contributed by atoms with Crippen LogP contribution >= 0.6 is 0 Å². The van der Waals surface area contributed by atoms with Crippen molar-refractivity contribution in [2.24, 2.45) is 0 Å². The molecule has 15 rings (SSSR count). The summed E-state index contributed by atoms with van der Waals surface area (Å²) in [5.41, 5.74) is 22.4. The van der Waals surface area contributed by atoms with Gasteiger partial charge < -0.3 is 4.42 Å². The molecule has 4 aliphatic rings. The van der Waals surface area contributed by atoms with Crippen LogP contribution in [0, 0.1) is 27.7 Å². The minimum absolute atomic E-state index is 0.00284. The number of fused-ring (bicyclic) bond motifs is 13. The largest absolute Gasteiger partial charge is 0.452 e. The molecule has 11 heteroatoms. The molecule has 0 aliphatic carbocycles. The Labute approximate surface area is 312 Å². The molecule has 11 aromatic rings. The Morgan fingerprint density at radius 1 is 0.436 bits per heavy atom. The van der Waals surface area contributed by atoms with Crippen LogP contribution in [0.1, 0.15) is 23.3 Å². The maximum atomic E-state index is 7.53. The monoisotopic (exact) mass is 704 g/mol. The molecule has 0 spiro atoms. The van der Waals surface area contributed by atoms with Crippen molar-refractivity contribution in [2.75, 3.05) is 0 Å². The minimum atomic E-state index is -0.00284. The summed E-state index contributed by atoms with van der Waals surface area (Å²) in [6, 6.07) is 31.1. The summed E-state index contributed by atoms with van der Waals surface area (Å²) in [5.74, 6) is 3.82. The van der Waals surface area contributed by atoms with Gasteiger partial charge in [0.2, 0.25) is 0 Å². The van der Waals surface area contributed by atoms with E-state index in [-0.39, 0.29) is 13.4 Å². The average molecular weight is 704 g/mol. The predicted octanol–water partition coefficient (Wildman–Crippen LogP) is 4.46. The molecule has 4 aliphatic heterocycles. The Hall–Kier alpha value is -6.87. The topological polar surface area (TPSA) is 84.4 Å². The molecular formula is C44H26B2N8O. The first kappa shape index (κ1) is 27.7. The molecule has 0 fully saturated rings. The lowest BCUT2D eigenvalue weighted by atomic mass is 9.34. The van der Waals surface area contributed by atoms with Crippen LogP contribution in [0.2, 0.25) is 0 Å². The number of hydrogen-bond acceptors (Lipinski definition) is 5. The van der Waals surface area contributed by atoms with Gasteiger partial charge in [-0.3, -0.25) is 18.3 Å². The van der Waals surface area contributed by atoms with Crippen LogP contribution < -0.4 is 32.8 Å². The number of rotatable bonds is 0.